The molecule has 112 valence electrons. The Hall–Kier alpha value is -1.76. The Labute approximate surface area is 123 Å². The predicted molar refractivity (Wildman–Crippen MR) is 83.4 cm³/mol. The number of carbonyl (C=O) groups is 2. The van der Waals surface area contributed by atoms with Gasteiger partial charge in [0.15, 0.2) is 0 Å². The zero-order valence-electron chi connectivity index (χ0n) is 12.3. The molecule has 0 atom stereocenters. The van der Waals surface area contributed by atoms with Crippen molar-refractivity contribution in [2.75, 3.05) is 30.8 Å². The Morgan fingerprint density at radius 2 is 2.00 bits per heavy atom. The largest absolute Gasteiger partial charge is 0.397 e. The summed E-state index contributed by atoms with van der Waals surface area (Å²) in [5.74, 6) is -0.490. The van der Waals surface area contributed by atoms with Crippen molar-refractivity contribution < 1.29 is 9.59 Å². The fraction of sp³-hybridized carbons (Fsp3) is 0.538. The number of nitrogens with two attached hydrogens (primary N) is 2. The highest BCUT2D eigenvalue weighted by Gasteiger charge is 2.26. The van der Waals surface area contributed by atoms with Crippen molar-refractivity contribution in [3.05, 3.63) is 10.4 Å². The molecule has 0 aromatic carbocycles. The Morgan fingerprint density at radius 1 is 1.40 bits per heavy atom. The van der Waals surface area contributed by atoms with Crippen molar-refractivity contribution in [3.8, 4) is 0 Å². The molecule has 2 amide bonds. The maximum absolute atomic E-state index is 11.8. The first-order valence-corrected chi connectivity index (χ1v) is 7.34. The van der Waals surface area contributed by atoms with Gasteiger partial charge in [0.1, 0.15) is 9.88 Å². The Balaban J connectivity index is 3.36. The number of amides is 2. The minimum atomic E-state index is -0.605. The topological polar surface area (TPSA) is 101 Å². The number of thiophene rings is 1. The van der Waals surface area contributed by atoms with Crippen LogP contribution in [0, 0.1) is 5.92 Å². The van der Waals surface area contributed by atoms with Crippen molar-refractivity contribution in [1.29, 1.82) is 0 Å². The first-order chi connectivity index (χ1) is 9.33. The quantitative estimate of drug-likeness (QED) is 0.736. The van der Waals surface area contributed by atoms with Crippen molar-refractivity contribution in [2.45, 2.75) is 20.8 Å². The lowest BCUT2D eigenvalue weighted by atomic mass is 10.1. The third-order valence-electron chi connectivity index (χ3n) is 2.86. The van der Waals surface area contributed by atoms with E-state index >= 15 is 0 Å². The smallest absolute Gasteiger partial charge is 0.263 e. The summed E-state index contributed by atoms with van der Waals surface area (Å²) in [6, 6.07) is 0. The summed E-state index contributed by atoms with van der Waals surface area (Å²) in [4.78, 5) is 25.8. The van der Waals surface area contributed by atoms with Crippen molar-refractivity contribution in [1.82, 2.24) is 5.32 Å². The summed E-state index contributed by atoms with van der Waals surface area (Å²) in [5.41, 5.74) is 11.8. The van der Waals surface area contributed by atoms with Crippen LogP contribution in [0.3, 0.4) is 0 Å². The highest BCUT2D eigenvalue weighted by atomic mass is 32.1. The summed E-state index contributed by atoms with van der Waals surface area (Å²) >= 11 is 1.21. The number of nitrogens with zero attached hydrogens (tertiary/aromatic N) is 1. The van der Waals surface area contributed by atoms with E-state index in [1.165, 1.54) is 18.4 Å². The van der Waals surface area contributed by atoms with Crippen LogP contribution in [0.15, 0.2) is 0 Å². The monoisotopic (exact) mass is 298 g/mol. The van der Waals surface area contributed by atoms with Gasteiger partial charge in [0.05, 0.1) is 11.3 Å². The normalized spacial score (nSPS) is 10.7. The van der Waals surface area contributed by atoms with Crippen LogP contribution in [0.25, 0.3) is 0 Å². The van der Waals surface area contributed by atoms with Gasteiger partial charge in [0.25, 0.3) is 11.8 Å². The first kappa shape index (κ1) is 16.3. The van der Waals surface area contributed by atoms with Crippen LogP contribution in [0.2, 0.25) is 0 Å². The van der Waals surface area contributed by atoms with E-state index in [4.69, 9.17) is 11.5 Å². The second kappa shape index (κ2) is 6.60. The number of hydrogen-bond acceptors (Lipinski definition) is 5. The van der Waals surface area contributed by atoms with E-state index in [1.807, 2.05) is 11.8 Å². The Bertz CT molecular complexity index is 511. The lowest BCUT2D eigenvalue weighted by Gasteiger charge is -2.24. The molecule has 20 heavy (non-hydrogen) atoms. The molecule has 0 aliphatic rings. The Kier molecular flexibility index (Phi) is 5.38. The molecular formula is C13H22N4O2S. The maximum Gasteiger partial charge on any atom is 0.263 e. The van der Waals surface area contributed by atoms with Gasteiger partial charge in [0, 0.05) is 20.1 Å². The minimum Gasteiger partial charge on any atom is -0.397 e. The van der Waals surface area contributed by atoms with Gasteiger partial charge in [-0.2, -0.15) is 0 Å². The van der Waals surface area contributed by atoms with E-state index in [9.17, 15) is 9.59 Å². The number of anilines is 2. The number of carbonyl (C=O) groups excluding carboxylic acids is 2. The molecule has 1 rings (SSSR count). The standard InChI is InChI=1S/C13H22N4O2S/c1-5-17(6-7(2)3)13-8(11(15)18)9(14)10(20-13)12(19)16-4/h7H,5-6,14H2,1-4H3,(H2,15,18)(H,16,19). The molecule has 6 nitrogen and oxygen atoms in total. The third kappa shape index (κ3) is 3.22. The third-order valence-corrected chi connectivity index (χ3v) is 4.13. The zero-order chi connectivity index (χ0) is 15.4. The average Bonchev–Trinajstić information content (AvgIpc) is 2.72. The fourth-order valence-electron chi connectivity index (χ4n) is 1.97. The molecule has 0 aliphatic carbocycles. The molecule has 0 fully saturated rings. The lowest BCUT2D eigenvalue weighted by Crippen LogP contribution is -2.28. The highest BCUT2D eigenvalue weighted by molar-refractivity contribution is 7.19. The molecule has 0 unspecified atom stereocenters. The van der Waals surface area contributed by atoms with Gasteiger partial charge in [-0.15, -0.1) is 11.3 Å². The van der Waals surface area contributed by atoms with Crippen molar-refractivity contribution >= 4 is 33.8 Å². The van der Waals surface area contributed by atoms with Gasteiger partial charge in [-0.1, -0.05) is 13.8 Å². The molecule has 0 saturated heterocycles. The molecule has 0 spiro atoms. The van der Waals surface area contributed by atoms with Crippen LogP contribution < -0.4 is 21.7 Å². The van der Waals surface area contributed by atoms with E-state index < -0.39 is 5.91 Å². The molecule has 0 saturated carbocycles. The van der Waals surface area contributed by atoms with Gasteiger partial charge in [-0.3, -0.25) is 9.59 Å². The van der Waals surface area contributed by atoms with Crippen LogP contribution in [-0.2, 0) is 0 Å². The molecule has 1 aromatic rings. The summed E-state index contributed by atoms with van der Waals surface area (Å²) in [6.07, 6.45) is 0. The molecule has 1 heterocycles. The van der Waals surface area contributed by atoms with E-state index in [0.29, 0.717) is 22.3 Å². The van der Waals surface area contributed by atoms with Crippen LogP contribution in [0.5, 0.6) is 0 Å². The maximum atomic E-state index is 11.8. The van der Waals surface area contributed by atoms with Gasteiger partial charge in [-0.05, 0) is 12.8 Å². The molecule has 0 aliphatic heterocycles. The molecule has 0 radical (unpaired) electrons. The lowest BCUT2D eigenvalue weighted by molar-refractivity contribution is 0.0967. The number of primary amides is 1. The van der Waals surface area contributed by atoms with Crippen LogP contribution >= 0.6 is 11.3 Å². The molecule has 5 N–H and O–H groups in total. The summed E-state index contributed by atoms with van der Waals surface area (Å²) in [5, 5.41) is 3.19. The number of hydrogen-bond donors (Lipinski definition) is 3. The summed E-state index contributed by atoms with van der Waals surface area (Å²) in [6.45, 7) is 7.64. The number of nitrogen functional groups attached to an aromatic ring is 1. The fourth-order valence-corrected chi connectivity index (χ4v) is 3.22. The Morgan fingerprint density at radius 3 is 2.40 bits per heavy atom. The van der Waals surface area contributed by atoms with Crippen LogP contribution in [0.1, 0.15) is 40.8 Å². The first-order valence-electron chi connectivity index (χ1n) is 6.52. The second-order valence-electron chi connectivity index (χ2n) is 4.90. The van der Waals surface area contributed by atoms with E-state index in [1.54, 1.807) is 0 Å². The van der Waals surface area contributed by atoms with Crippen LogP contribution in [0.4, 0.5) is 10.7 Å². The van der Waals surface area contributed by atoms with E-state index in [2.05, 4.69) is 19.2 Å². The molecular weight excluding hydrogens is 276 g/mol. The average molecular weight is 298 g/mol. The van der Waals surface area contributed by atoms with Gasteiger partial charge in [-0.25, -0.2) is 0 Å². The van der Waals surface area contributed by atoms with E-state index in [0.717, 1.165) is 6.54 Å². The van der Waals surface area contributed by atoms with Gasteiger partial charge in [0.2, 0.25) is 0 Å². The predicted octanol–water partition coefficient (Wildman–Crippen LogP) is 1.27. The van der Waals surface area contributed by atoms with Crippen molar-refractivity contribution in [3.63, 3.8) is 0 Å². The van der Waals surface area contributed by atoms with E-state index in [-0.39, 0.29) is 17.2 Å². The number of rotatable bonds is 6. The molecule has 1 aromatic heterocycles. The SMILES string of the molecule is CCN(CC(C)C)c1sc(C(=O)NC)c(N)c1C(N)=O. The molecule has 7 heteroatoms. The summed E-state index contributed by atoms with van der Waals surface area (Å²) in [7, 11) is 1.52. The summed E-state index contributed by atoms with van der Waals surface area (Å²) < 4.78 is 0. The van der Waals surface area contributed by atoms with Gasteiger partial charge >= 0.3 is 0 Å². The van der Waals surface area contributed by atoms with Crippen molar-refractivity contribution in [2.24, 2.45) is 11.7 Å². The van der Waals surface area contributed by atoms with Gasteiger partial charge < -0.3 is 21.7 Å². The number of nitrogens with one attached hydrogen (secondary N) is 1. The second-order valence-corrected chi connectivity index (χ2v) is 5.90. The zero-order valence-corrected chi connectivity index (χ0v) is 13.1. The van der Waals surface area contributed by atoms with Crippen LogP contribution in [-0.4, -0.2) is 32.0 Å². The molecule has 0 bridgehead atoms. The highest BCUT2D eigenvalue weighted by Crippen LogP contribution is 2.38. The minimum absolute atomic E-state index is 0.166.